The molecule has 0 aliphatic carbocycles. The molecule has 0 bridgehead atoms. The maximum Gasteiger partial charge on any atom is 0.123 e. The van der Waals surface area contributed by atoms with Crippen LogP contribution in [0.25, 0.3) is 0 Å². The standard InChI is InChI=1S/C15H16ClFN2/c1-2-19-15(11-4-3-7-18-10-11)9-12-8-13(17)5-6-14(12)16/h3-8,10,15,19H,2,9H2,1H3. The molecule has 1 N–H and O–H groups in total. The number of halogens is 2. The first-order valence-electron chi connectivity index (χ1n) is 6.28. The van der Waals surface area contributed by atoms with Crippen molar-refractivity contribution in [2.45, 2.75) is 19.4 Å². The quantitative estimate of drug-likeness (QED) is 0.901. The highest BCUT2D eigenvalue weighted by atomic mass is 35.5. The molecule has 19 heavy (non-hydrogen) atoms. The molecule has 2 rings (SSSR count). The molecule has 0 amide bonds. The average Bonchev–Trinajstić information content (AvgIpc) is 2.43. The van der Waals surface area contributed by atoms with E-state index in [9.17, 15) is 4.39 Å². The number of rotatable bonds is 5. The SMILES string of the molecule is CCNC(Cc1cc(F)ccc1Cl)c1cccnc1. The highest BCUT2D eigenvalue weighted by Crippen LogP contribution is 2.24. The van der Waals surface area contributed by atoms with E-state index in [-0.39, 0.29) is 11.9 Å². The van der Waals surface area contributed by atoms with Crippen LogP contribution in [0.2, 0.25) is 5.02 Å². The minimum absolute atomic E-state index is 0.0815. The fourth-order valence-electron chi connectivity index (χ4n) is 2.06. The molecular weight excluding hydrogens is 263 g/mol. The van der Waals surface area contributed by atoms with Gasteiger partial charge in [-0.15, -0.1) is 0 Å². The second-order valence-corrected chi connectivity index (χ2v) is 4.74. The third-order valence-electron chi connectivity index (χ3n) is 2.97. The van der Waals surface area contributed by atoms with Crippen LogP contribution in [0.1, 0.15) is 24.1 Å². The Morgan fingerprint density at radius 3 is 2.89 bits per heavy atom. The third kappa shape index (κ3) is 3.75. The van der Waals surface area contributed by atoms with Crippen LogP contribution >= 0.6 is 11.6 Å². The van der Waals surface area contributed by atoms with E-state index in [0.29, 0.717) is 11.4 Å². The van der Waals surface area contributed by atoms with Gasteiger partial charge in [-0.2, -0.15) is 0 Å². The maximum absolute atomic E-state index is 13.3. The second kappa shape index (κ2) is 6.64. The summed E-state index contributed by atoms with van der Waals surface area (Å²) in [6.45, 7) is 2.86. The average molecular weight is 279 g/mol. The Bertz CT molecular complexity index is 531. The maximum atomic E-state index is 13.3. The molecule has 2 nitrogen and oxygen atoms in total. The van der Waals surface area contributed by atoms with Gasteiger partial charge in [0.2, 0.25) is 0 Å². The van der Waals surface area contributed by atoms with E-state index in [0.717, 1.165) is 17.7 Å². The molecule has 1 aromatic heterocycles. The normalized spacial score (nSPS) is 12.4. The smallest absolute Gasteiger partial charge is 0.123 e. The lowest BCUT2D eigenvalue weighted by Gasteiger charge is -2.18. The summed E-state index contributed by atoms with van der Waals surface area (Å²) in [5, 5.41) is 3.96. The molecule has 0 saturated carbocycles. The minimum atomic E-state index is -0.263. The van der Waals surface area contributed by atoms with E-state index in [1.54, 1.807) is 12.3 Å². The summed E-state index contributed by atoms with van der Waals surface area (Å²) in [6.07, 6.45) is 4.19. The van der Waals surface area contributed by atoms with Crippen molar-refractivity contribution in [1.29, 1.82) is 0 Å². The van der Waals surface area contributed by atoms with Gasteiger partial charge in [0.05, 0.1) is 0 Å². The molecule has 1 heterocycles. The van der Waals surface area contributed by atoms with Crippen molar-refractivity contribution in [3.8, 4) is 0 Å². The summed E-state index contributed by atoms with van der Waals surface area (Å²) in [6, 6.07) is 8.44. The molecule has 2 aromatic rings. The second-order valence-electron chi connectivity index (χ2n) is 4.34. The Labute approximate surface area is 117 Å². The first-order chi connectivity index (χ1) is 9.20. The summed E-state index contributed by atoms with van der Waals surface area (Å²) in [7, 11) is 0. The fourth-order valence-corrected chi connectivity index (χ4v) is 2.25. The zero-order chi connectivity index (χ0) is 13.7. The molecule has 1 atom stereocenters. The van der Waals surface area contributed by atoms with Crippen molar-refractivity contribution in [2.75, 3.05) is 6.54 Å². The molecule has 0 saturated heterocycles. The van der Waals surface area contributed by atoms with Crippen molar-refractivity contribution < 1.29 is 4.39 Å². The fraction of sp³-hybridized carbons (Fsp3) is 0.267. The van der Waals surface area contributed by atoms with E-state index in [1.807, 2.05) is 25.3 Å². The Morgan fingerprint density at radius 2 is 2.21 bits per heavy atom. The van der Waals surface area contributed by atoms with Crippen molar-refractivity contribution in [1.82, 2.24) is 10.3 Å². The molecular formula is C15H16ClFN2. The number of nitrogens with one attached hydrogen (secondary N) is 1. The van der Waals surface area contributed by atoms with Crippen LogP contribution < -0.4 is 5.32 Å². The Hall–Kier alpha value is -1.45. The molecule has 0 spiro atoms. The van der Waals surface area contributed by atoms with Crippen LogP contribution in [0, 0.1) is 5.82 Å². The van der Waals surface area contributed by atoms with E-state index >= 15 is 0 Å². The zero-order valence-corrected chi connectivity index (χ0v) is 11.5. The topological polar surface area (TPSA) is 24.9 Å². The van der Waals surface area contributed by atoms with Gasteiger partial charge in [-0.25, -0.2) is 4.39 Å². The molecule has 1 aromatic carbocycles. The minimum Gasteiger partial charge on any atom is -0.310 e. The number of benzene rings is 1. The highest BCUT2D eigenvalue weighted by molar-refractivity contribution is 6.31. The van der Waals surface area contributed by atoms with Gasteiger partial charge in [0.1, 0.15) is 5.82 Å². The van der Waals surface area contributed by atoms with Gasteiger partial charge in [0.25, 0.3) is 0 Å². The molecule has 0 fully saturated rings. The predicted octanol–water partition coefficient (Wildman–Crippen LogP) is 3.77. The van der Waals surface area contributed by atoms with Crippen LogP contribution in [0.15, 0.2) is 42.7 Å². The largest absolute Gasteiger partial charge is 0.310 e. The lowest BCUT2D eigenvalue weighted by atomic mass is 10.00. The monoisotopic (exact) mass is 278 g/mol. The van der Waals surface area contributed by atoms with Crippen LogP contribution in [0.5, 0.6) is 0 Å². The zero-order valence-electron chi connectivity index (χ0n) is 10.7. The summed E-state index contributed by atoms with van der Waals surface area (Å²) < 4.78 is 13.3. The van der Waals surface area contributed by atoms with Crippen molar-refractivity contribution >= 4 is 11.6 Å². The predicted molar refractivity (Wildman–Crippen MR) is 75.8 cm³/mol. The molecule has 0 aliphatic rings. The number of aromatic nitrogens is 1. The number of hydrogen-bond acceptors (Lipinski definition) is 2. The van der Waals surface area contributed by atoms with Gasteiger partial charge >= 0.3 is 0 Å². The lowest BCUT2D eigenvalue weighted by molar-refractivity contribution is 0.545. The summed E-state index contributed by atoms with van der Waals surface area (Å²) in [5.74, 6) is -0.263. The molecule has 100 valence electrons. The Morgan fingerprint density at radius 1 is 1.37 bits per heavy atom. The number of pyridine rings is 1. The summed E-state index contributed by atoms with van der Waals surface area (Å²) in [4.78, 5) is 4.12. The lowest BCUT2D eigenvalue weighted by Crippen LogP contribution is -2.23. The van der Waals surface area contributed by atoms with Crippen LogP contribution in [-0.4, -0.2) is 11.5 Å². The number of likely N-dealkylation sites (N-methyl/N-ethyl adjacent to an activating group) is 1. The van der Waals surface area contributed by atoms with Gasteiger partial charge in [0, 0.05) is 23.5 Å². The van der Waals surface area contributed by atoms with Gasteiger partial charge in [-0.1, -0.05) is 24.6 Å². The van der Waals surface area contributed by atoms with Crippen molar-refractivity contribution in [3.63, 3.8) is 0 Å². The van der Waals surface area contributed by atoms with Crippen molar-refractivity contribution in [2.24, 2.45) is 0 Å². The van der Waals surface area contributed by atoms with E-state index in [2.05, 4.69) is 10.3 Å². The van der Waals surface area contributed by atoms with Gasteiger partial charge < -0.3 is 5.32 Å². The molecule has 0 radical (unpaired) electrons. The highest BCUT2D eigenvalue weighted by Gasteiger charge is 2.13. The number of hydrogen-bond donors (Lipinski definition) is 1. The van der Waals surface area contributed by atoms with Gasteiger partial charge in [-0.05, 0) is 48.4 Å². The first kappa shape index (κ1) is 14.0. The Kier molecular flexibility index (Phi) is 4.88. The van der Waals surface area contributed by atoms with Crippen molar-refractivity contribution in [3.05, 3.63) is 64.7 Å². The van der Waals surface area contributed by atoms with Gasteiger partial charge in [-0.3, -0.25) is 4.98 Å². The third-order valence-corrected chi connectivity index (χ3v) is 3.34. The molecule has 4 heteroatoms. The molecule has 0 aliphatic heterocycles. The summed E-state index contributed by atoms with van der Waals surface area (Å²) in [5.41, 5.74) is 1.88. The van der Waals surface area contributed by atoms with Crippen LogP contribution in [-0.2, 0) is 6.42 Å². The van der Waals surface area contributed by atoms with E-state index in [1.165, 1.54) is 12.1 Å². The number of nitrogens with zero attached hydrogens (tertiary/aromatic N) is 1. The van der Waals surface area contributed by atoms with Gasteiger partial charge in [0.15, 0.2) is 0 Å². The van der Waals surface area contributed by atoms with E-state index in [4.69, 9.17) is 11.6 Å². The van der Waals surface area contributed by atoms with E-state index < -0.39 is 0 Å². The summed E-state index contributed by atoms with van der Waals surface area (Å²) >= 11 is 6.12. The molecule has 1 unspecified atom stereocenters. The van der Waals surface area contributed by atoms with Crippen LogP contribution in [0.4, 0.5) is 4.39 Å². The first-order valence-corrected chi connectivity index (χ1v) is 6.65. The van der Waals surface area contributed by atoms with Crippen LogP contribution in [0.3, 0.4) is 0 Å². The Balaban J connectivity index is 2.24.